The molecule has 1 saturated heterocycles. The quantitative estimate of drug-likeness (QED) is 0.917. The number of rotatable bonds is 4. The number of hydrogen-bond donors (Lipinski definition) is 1. The van der Waals surface area contributed by atoms with E-state index in [-0.39, 0.29) is 25.5 Å². The molecule has 1 N–H and O–H groups in total. The molecule has 1 heterocycles. The fourth-order valence-corrected chi connectivity index (χ4v) is 2.77. The molecule has 1 amide bonds. The van der Waals surface area contributed by atoms with Crippen LogP contribution in [0.2, 0.25) is 10.0 Å². The summed E-state index contributed by atoms with van der Waals surface area (Å²) in [5.74, 6) is -1.86. The summed E-state index contributed by atoms with van der Waals surface area (Å²) in [6.45, 7) is 0.354. The van der Waals surface area contributed by atoms with Crippen LogP contribution in [-0.2, 0) is 20.7 Å². The molecule has 1 aromatic carbocycles. The predicted octanol–water partition coefficient (Wildman–Crippen LogP) is 2.09. The Kier molecular flexibility index (Phi) is 5.08. The number of aliphatic carboxylic acids is 1. The van der Waals surface area contributed by atoms with Crippen LogP contribution in [0.15, 0.2) is 18.2 Å². The van der Waals surface area contributed by atoms with Crippen LogP contribution >= 0.6 is 23.2 Å². The van der Waals surface area contributed by atoms with E-state index in [4.69, 9.17) is 33.0 Å². The number of carbonyl (C=O) groups is 2. The van der Waals surface area contributed by atoms with E-state index in [0.717, 1.165) is 0 Å². The zero-order valence-electron chi connectivity index (χ0n) is 11.4. The van der Waals surface area contributed by atoms with E-state index in [0.29, 0.717) is 15.6 Å². The minimum absolute atomic E-state index is 0.0926. The van der Waals surface area contributed by atoms with E-state index in [2.05, 4.69) is 0 Å². The second kappa shape index (κ2) is 6.64. The monoisotopic (exact) mass is 331 g/mol. The van der Waals surface area contributed by atoms with Crippen LogP contribution in [0, 0.1) is 5.92 Å². The van der Waals surface area contributed by atoms with Crippen LogP contribution in [0.3, 0.4) is 0 Å². The lowest BCUT2D eigenvalue weighted by Gasteiger charge is -2.26. The molecule has 1 aliphatic heterocycles. The number of carboxylic acid groups (broad SMARTS) is 1. The predicted molar refractivity (Wildman–Crippen MR) is 78.7 cm³/mol. The summed E-state index contributed by atoms with van der Waals surface area (Å²) in [6, 6.07) is 4.47. The van der Waals surface area contributed by atoms with Crippen molar-refractivity contribution in [2.75, 3.05) is 20.3 Å². The average molecular weight is 332 g/mol. The minimum atomic E-state index is -0.957. The number of halogens is 2. The second-order valence-electron chi connectivity index (χ2n) is 4.97. The van der Waals surface area contributed by atoms with E-state index >= 15 is 0 Å². The van der Waals surface area contributed by atoms with E-state index in [1.54, 1.807) is 25.2 Å². The van der Waals surface area contributed by atoms with Gasteiger partial charge in [-0.1, -0.05) is 29.3 Å². The maximum Gasteiger partial charge on any atom is 0.311 e. The molecule has 2 atom stereocenters. The van der Waals surface area contributed by atoms with Gasteiger partial charge in [0.15, 0.2) is 0 Å². The molecule has 1 aromatic rings. The first-order valence-corrected chi connectivity index (χ1v) is 7.16. The van der Waals surface area contributed by atoms with Crippen molar-refractivity contribution in [1.82, 2.24) is 4.90 Å². The highest BCUT2D eigenvalue weighted by Gasteiger charge is 2.38. The number of hydrogen-bond acceptors (Lipinski definition) is 3. The topological polar surface area (TPSA) is 66.8 Å². The molecule has 21 heavy (non-hydrogen) atoms. The summed E-state index contributed by atoms with van der Waals surface area (Å²) in [7, 11) is 1.58. The van der Waals surface area contributed by atoms with Gasteiger partial charge in [0.05, 0.1) is 25.7 Å². The molecule has 114 valence electrons. The van der Waals surface area contributed by atoms with Gasteiger partial charge in [0.2, 0.25) is 5.91 Å². The van der Waals surface area contributed by atoms with E-state index in [1.807, 2.05) is 0 Å². The van der Waals surface area contributed by atoms with Gasteiger partial charge in [0, 0.05) is 17.1 Å². The first kappa shape index (κ1) is 16.1. The fourth-order valence-electron chi connectivity index (χ4n) is 2.30. The van der Waals surface area contributed by atoms with E-state index in [1.165, 1.54) is 4.90 Å². The SMILES string of the molecule is CN(C(=O)Cc1ccc(Cl)cc1Cl)C1COCC1C(=O)O. The van der Waals surface area contributed by atoms with Crippen LogP contribution in [0.5, 0.6) is 0 Å². The smallest absolute Gasteiger partial charge is 0.311 e. The number of ether oxygens (including phenoxy) is 1. The molecule has 0 aromatic heterocycles. The summed E-state index contributed by atoms with van der Waals surface area (Å²) < 4.78 is 5.17. The zero-order chi connectivity index (χ0) is 15.6. The maximum atomic E-state index is 12.3. The van der Waals surface area contributed by atoms with E-state index in [9.17, 15) is 9.59 Å². The minimum Gasteiger partial charge on any atom is -0.481 e. The highest BCUT2D eigenvalue weighted by atomic mass is 35.5. The van der Waals surface area contributed by atoms with Gasteiger partial charge in [0.1, 0.15) is 5.92 Å². The number of benzene rings is 1. The van der Waals surface area contributed by atoms with Gasteiger partial charge in [-0.3, -0.25) is 9.59 Å². The molecule has 1 aliphatic rings. The highest BCUT2D eigenvalue weighted by Crippen LogP contribution is 2.24. The van der Waals surface area contributed by atoms with Crippen molar-refractivity contribution >= 4 is 35.1 Å². The molecule has 7 heteroatoms. The number of carbonyl (C=O) groups excluding carboxylic acids is 1. The molecule has 5 nitrogen and oxygen atoms in total. The molecule has 0 spiro atoms. The van der Waals surface area contributed by atoms with Crippen molar-refractivity contribution in [1.29, 1.82) is 0 Å². The van der Waals surface area contributed by atoms with Crippen LogP contribution in [-0.4, -0.2) is 48.2 Å². The Labute approximate surface area is 132 Å². The summed E-state index contributed by atoms with van der Waals surface area (Å²) in [4.78, 5) is 24.9. The Morgan fingerprint density at radius 1 is 1.38 bits per heavy atom. The number of amides is 1. The lowest BCUT2D eigenvalue weighted by Crippen LogP contribution is -2.44. The maximum absolute atomic E-state index is 12.3. The third-order valence-electron chi connectivity index (χ3n) is 3.62. The van der Waals surface area contributed by atoms with Gasteiger partial charge < -0.3 is 14.7 Å². The lowest BCUT2D eigenvalue weighted by molar-refractivity contribution is -0.144. The van der Waals surface area contributed by atoms with Gasteiger partial charge in [-0.25, -0.2) is 0 Å². The Bertz CT molecular complexity index is 564. The molecular formula is C14H15Cl2NO4. The Morgan fingerprint density at radius 2 is 2.10 bits per heavy atom. The molecule has 2 rings (SSSR count). The van der Waals surface area contributed by atoms with E-state index < -0.39 is 17.9 Å². The fraction of sp³-hybridized carbons (Fsp3) is 0.429. The number of nitrogens with zero attached hydrogens (tertiary/aromatic N) is 1. The van der Waals surface area contributed by atoms with Crippen LogP contribution in [0.4, 0.5) is 0 Å². The normalized spacial score (nSPS) is 21.3. The first-order chi connectivity index (χ1) is 9.90. The van der Waals surface area contributed by atoms with Crippen LogP contribution in [0.1, 0.15) is 5.56 Å². The number of likely N-dealkylation sites (N-methyl/N-ethyl adjacent to an activating group) is 1. The molecular weight excluding hydrogens is 317 g/mol. The van der Waals surface area contributed by atoms with Gasteiger partial charge in [-0.2, -0.15) is 0 Å². The molecule has 0 bridgehead atoms. The molecule has 0 saturated carbocycles. The van der Waals surface area contributed by atoms with Gasteiger partial charge >= 0.3 is 5.97 Å². The standard InChI is InChI=1S/C14H15Cl2NO4/c1-17(12-7-21-6-10(12)14(19)20)13(18)4-8-2-3-9(15)5-11(8)16/h2-3,5,10,12H,4,6-7H2,1H3,(H,19,20). The second-order valence-corrected chi connectivity index (χ2v) is 5.81. The number of carboxylic acids is 1. The van der Waals surface area contributed by atoms with Gasteiger partial charge in [-0.15, -0.1) is 0 Å². The Morgan fingerprint density at radius 3 is 2.71 bits per heavy atom. The van der Waals surface area contributed by atoms with Crippen molar-refractivity contribution in [2.24, 2.45) is 5.92 Å². The van der Waals surface area contributed by atoms with Crippen molar-refractivity contribution in [3.05, 3.63) is 33.8 Å². The van der Waals surface area contributed by atoms with Crippen LogP contribution in [0.25, 0.3) is 0 Å². The zero-order valence-corrected chi connectivity index (χ0v) is 12.9. The molecule has 0 aliphatic carbocycles. The van der Waals surface area contributed by atoms with Crippen LogP contribution < -0.4 is 0 Å². The first-order valence-electron chi connectivity index (χ1n) is 6.40. The third-order valence-corrected chi connectivity index (χ3v) is 4.20. The van der Waals surface area contributed by atoms with Gasteiger partial charge in [-0.05, 0) is 17.7 Å². The Hall–Kier alpha value is -1.30. The summed E-state index contributed by atoms with van der Waals surface area (Å²) in [5, 5.41) is 10.0. The third kappa shape index (κ3) is 3.67. The van der Waals surface area contributed by atoms with Crippen molar-refractivity contribution in [3.63, 3.8) is 0 Å². The molecule has 1 fully saturated rings. The van der Waals surface area contributed by atoms with Gasteiger partial charge in [0.25, 0.3) is 0 Å². The lowest BCUT2D eigenvalue weighted by atomic mass is 10.0. The Balaban J connectivity index is 2.07. The molecule has 2 unspecified atom stereocenters. The average Bonchev–Trinajstić information content (AvgIpc) is 2.90. The van der Waals surface area contributed by atoms with Crippen molar-refractivity contribution in [2.45, 2.75) is 12.5 Å². The summed E-state index contributed by atoms with van der Waals surface area (Å²) in [5.41, 5.74) is 0.656. The molecule has 0 radical (unpaired) electrons. The summed E-state index contributed by atoms with van der Waals surface area (Å²) >= 11 is 11.9. The largest absolute Gasteiger partial charge is 0.481 e. The highest BCUT2D eigenvalue weighted by molar-refractivity contribution is 6.35. The summed E-state index contributed by atoms with van der Waals surface area (Å²) in [6.07, 6.45) is 0.0926. The van der Waals surface area contributed by atoms with Crippen molar-refractivity contribution < 1.29 is 19.4 Å². The van der Waals surface area contributed by atoms with Crippen molar-refractivity contribution in [3.8, 4) is 0 Å².